The second-order valence-corrected chi connectivity index (χ2v) is 8.25. The first kappa shape index (κ1) is 18.4. The average molecular weight is 388 g/mol. The van der Waals surface area contributed by atoms with Crippen molar-refractivity contribution < 1.29 is 14.3 Å². The number of aryl methyl sites for hydroxylation is 1. The van der Waals surface area contributed by atoms with E-state index in [4.69, 9.17) is 4.74 Å². The quantitative estimate of drug-likeness (QED) is 0.809. The third kappa shape index (κ3) is 4.30. The van der Waals surface area contributed by atoms with Crippen LogP contribution in [0.2, 0.25) is 0 Å². The largest absolute Gasteiger partial charge is 0.368 e. The SMILES string of the molecule is O=C(CCc1nc2ccccc2s1)N1CCCN(C(=O)[C@H]2CCCO2)CC1. The number of benzene rings is 1. The first-order valence-electron chi connectivity index (χ1n) is 9.73. The van der Waals surface area contributed by atoms with E-state index in [1.165, 1.54) is 0 Å². The summed E-state index contributed by atoms with van der Waals surface area (Å²) in [6, 6.07) is 8.06. The van der Waals surface area contributed by atoms with E-state index < -0.39 is 0 Å². The molecule has 0 aliphatic carbocycles. The number of carbonyl (C=O) groups is 2. The Balaban J connectivity index is 1.29. The number of hydrogen-bond donors (Lipinski definition) is 0. The first-order valence-corrected chi connectivity index (χ1v) is 10.5. The van der Waals surface area contributed by atoms with Crippen LogP contribution < -0.4 is 0 Å². The molecule has 2 saturated heterocycles. The molecule has 2 aliphatic rings. The predicted octanol–water partition coefficient (Wildman–Crippen LogP) is 2.47. The normalized spacial score (nSPS) is 20.8. The van der Waals surface area contributed by atoms with Gasteiger partial charge in [-0.1, -0.05) is 12.1 Å². The zero-order valence-electron chi connectivity index (χ0n) is 15.4. The van der Waals surface area contributed by atoms with Crippen LogP contribution in [0.3, 0.4) is 0 Å². The molecule has 0 N–H and O–H groups in total. The summed E-state index contributed by atoms with van der Waals surface area (Å²) in [7, 11) is 0. The third-order valence-electron chi connectivity index (χ3n) is 5.26. The van der Waals surface area contributed by atoms with E-state index in [1.54, 1.807) is 11.3 Å². The summed E-state index contributed by atoms with van der Waals surface area (Å²) in [5.74, 6) is 0.247. The highest BCUT2D eigenvalue weighted by Crippen LogP contribution is 2.23. The number of nitrogens with zero attached hydrogens (tertiary/aromatic N) is 3. The molecule has 2 aromatic rings. The van der Waals surface area contributed by atoms with Crippen LogP contribution in [0, 0.1) is 0 Å². The molecule has 0 radical (unpaired) electrons. The fraction of sp³-hybridized carbons (Fsp3) is 0.550. The van der Waals surface area contributed by atoms with Crippen LogP contribution in [0.25, 0.3) is 10.2 Å². The zero-order chi connectivity index (χ0) is 18.6. The molecule has 0 unspecified atom stereocenters. The Bertz CT molecular complexity index is 783. The van der Waals surface area contributed by atoms with Crippen molar-refractivity contribution in [2.24, 2.45) is 0 Å². The molecule has 144 valence electrons. The molecule has 6 nitrogen and oxygen atoms in total. The summed E-state index contributed by atoms with van der Waals surface area (Å²) >= 11 is 1.66. The topological polar surface area (TPSA) is 62.7 Å². The number of rotatable bonds is 4. The second kappa shape index (κ2) is 8.35. The highest BCUT2D eigenvalue weighted by atomic mass is 32.1. The maximum Gasteiger partial charge on any atom is 0.251 e. The summed E-state index contributed by atoms with van der Waals surface area (Å²) in [6.45, 7) is 3.32. The van der Waals surface area contributed by atoms with Gasteiger partial charge in [-0.15, -0.1) is 11.3 Å². The number of fused-ring (bicyclic) bond motifs is 1. The van der Waals surface area contributed by atoms with E-state index in [-0.39, 0.29) is 17.9 Å². The number of thiazole rings is 1. The molecule has 0 saturated carbocycles. The number of para-hydroxylation sites is 1. The lowest BCUT2D eigenvalue weighted by atomic mass is 10.2. The molecular formula is C20H25N3O3S. The minimum Gasteiger partial charge on any atom is -0.368 e. The van der Waals surface area contributed by atoms with Gasteiger partial charge >= 0.3 is 0 Å². The van der Waals surface area contributed by atoms with Crippen LogP contribution in [-0.4, -0.2) is 65.5 Å². The standard InChI is InChI=1S/C20H25N3O3S/c24-19(9-8-18-21-15-5-1-2-7-17(15)27-18)22-10-4-11-23(13-12-22)20(25)16-6-3-14-26-16/h1-2,5,7,16H,3-4,6,8-14H2/t16-/m1/s1. The van der Waals surface area contributed by atoms with Gasteiger partial charge in [-0.2, -0.15) is 0 Å². The van der Waals surface area contributed by atoms with Crippen LogP contribution in [0.15, 0.2) is 24.3 Å². The molecule has 1 aromatic carbocycles. The van der Waals surface area contributed by atoms with Gasteiger partial charge < -0.3 is 14.5 Å². The Hall–Kier alpha value is -1.99. The summed E-state index contributed by atoms with van der Waals surface area (Å²) in [5, 5.41) is 1.01. The summed E-state index contributed by atoms with van der Waals surface area (Å²) in [4.78, 5) is 33.5. The summed E-state index contributed by atoms with van der Waals surface area (Å²) < 4.78 is 6.68. The minimum absolute atomic E-state index is 0.0938. The molecule has 2 aliphatic heterocycles. The molecule has 0 bridgehead atoms. The van der Waals surface area contributed by atoms with Crippen molar-refractivity contribution in [1.29, 1.82) is 0 Å². The van der Waals surface area contributed by atoms with E-state index in [2.05, 4.69) is 11.1 Å². The number of carbonyl (C=O) groups excluding carboxylic acids is 2. The molecule has 7 heteroatoms. The van der Waals surface area contributed by atoms with Crippen molar-refractivity contribution in [2.45, 2.75) is 38.2 Å². The van der Waals surface area contributed by atoms with Gasteiger partial charge in [-0.3, -0.25) is 9.59 Å². The third-order valence-corrected chi connectivity index (χ3v) is 6.35. The van der Waals surface area contributed by atoms with Gasteiger partial charge in [-0.05, 0) is 31.4 Å². The molecule has 0 spiro atoms. The molecule has 1 aromatic heterocycles. The predicted molar refractivity (Wildman–Crippen MR) is 105 cm³/mol. The number of ether oxygens (including phenoxy) is 1. The number of amides is 2. The van der Waals surface area contributed by atoms with E-state index in [1.807, 2.05) is 28.0 Å². The van der Waals surface area contributed by atoms with Gasteiger partial charge in [0.25, 0.3) is 5.91 Å². The van der Waals surface area contributed by atoms with Crippen molar-refractivity contribution in [2.75, 3.05) is 32.8 Å². The Labute approximate surface area is 163 Å². The van der Waals surface area contributed by atoms with Crippen molar-refractivity contribution in [3.63, 3.8) is 0 Å². The fourth-order valence-corrected chi connectivity index (χ4v) is 4.73. The lowest BCUT2D eigenvalue weighted by Gasteiger charge is -2.24. The maximum atomic E-state index is 12.6. The maximum absolute atomic E-state index is 12.6. The van der Waals surface area contributed by atoms with E-state index in [0.29, 0.717) is 45.6 Å². The molecule has 4 rings (SSSR count). The number of aromatic nitrogens is 1. The summed E-state index contributed by atoms with van der Waals surface area (Å²) in [5.41, 5.74) is 1.00. The Morgan fingerprint density at radius 1 is 1.11 bits per heavy atom. The van der Waals surface area contributed by atoms with Crippen LogP contribution in [-0.2, 0) is 20.7 Å². The van der Waals surface area contributed by atoms with Crippen molar-refractivity contribution in [3.8, 4) is 0 Å². The monoisotopic (exact) mass is 387 g/mol. The molecular weight excluding hydrogens is 362 g/mol. The second-order valence-electron chi connectivity index (χ2n) is 7.14. The number of hydrogen-bond acceptors (Lipinski definition) is 5. The summed E-state index contributed by atoms with van der Waals surface area (Å²) in [6.07, 6.45) is 3.48. The fourth-order valence-electron chi connectivity index (χ4n) is 3.76. The van der Waals surface area contributed by atoms with E-state index in [9.17, 15) is 9.59 Å². The molecule has 2 fully saturated rings. The van der Waals surface area contributed by atoms with Crippen molar-refractivity contribution in [1.82, 2.24) is 14.8 Å². The smallest absolute Gasteiger partial charge is 0.251 e. The van der Waals surface area contributed by atoms with Gasteiger partial charge in [0.1, 0.15) is 6.10 Å². The van der Waals surface area contributed by atoms with Crippen LogP contribution in [0.5, 0.6) is 0 Å². The van der Waals surface area contributed by atoms with Crippen LogP contribution in [0.4, 0.5) is 0 Å². The van der Waals surface area contributed by atoms with Gasteiger partial charge in [0.2, 0.25) is 5.91 Å². The van der Waals surface area contributed by atoms with Gasteiger partial charge in [0.15, 0.2) is 0 Å². The van der Waals surface area contributed by atoms with Gasteiger partial charge in [0.05, 0.1) is 15.2 Å². The first-order chi connectivity index (χ1) is 13.2. The van der Waals surface area contributed by atoms with E-state index in [0.717, 1.165) is 34.5 Å². The van der Waals surface area contributed by atoms with Gasteiger partial charge in [0, 0.05) is 45.6 Å². The average Bonchev–Trinajstić information content (AvgIpc) is 3.29. The molecule has 3 heterocycles. The molecule has 1 atom stereocenters. The van der Waals surface area contributed by atoms with Crippen molar-refractivity contribution >= 4 is 33.4 Å². The molecule has 27 heavy (non-hydrogen) atoms. The highest BCUT2D eigenvalue weighted by Gasteiger charge is 2.30. The Kier molecular flexibility index (Phi) is 5.69. The van der Waals surface area contributed by atoms with Crippen LogP contribution in [0.1, 0.15) is 30.7 Å². The van der Waals surface area contributed by atoms with Gasteiger partial charge in [-0.25, -0.2) is 4.98 Å². The van der Waals surface area contributed by atoms with Crippen molar-refractivity contribution in [3.05, 3.63) is 29.3 Å². The lowest BCUT2D eigenvalue weighted by molar-refractivity contribution is -0.141. The lowest BCUT2D eigenvalue weighted by Crippen LogP contribution is -2.41. The Morgan fingerprint density at radius 3 is 2.74 bits per heavy atom. The molecule has 2 amide bonds. The van der Waals surface area contributed by atoms with E-state index >= 15 is 0 Å². The zero-order valence-corrected chi connectivity index (χ0v) is 16.2. The Morgan fingerprint density at radius 2 is 1.93 bits per heavy atom. The highest BCUT2D eigenvalue weighted by molar-refractivity contribution is 7.18. The van der Waals surface area contributed by atoms with Crippen LogP contribution >= 0.6 is 11.3 Å². The minimum atomic E-state index is -0.272.